The predicted octanol–water partition coefficient (Wildman–Crippen LogP) is 1.77. The zero-order valence-electron chi connectivity index (χ0n) is 13.2. The SMILES string of the molecule is C=CCCC(=O)N1CCC(N2CC(=O)N(CC(F)(F)F)C2=O)CC1. The minimum absolute atomic E-state index is 0.00382. The van der Waals surface area contributed by atoms with Crippen molar-refractivity contribution in [2.75, 3.05) is 26.2 Å². The number of rotatable bonds is 5. The van der Waals surface area contributed by atoms with Crippen LogP contribution >= 0.6 is 0 Å². The van der Waals surface area contributed by atoms with Gasteiger partial charge < -0.3 is 9.80 Å². The molecule has 0 spiro atoms. The van der Waals surface area contributed by atoms with Gasteiger partial charge in [0.05, 0.1) is 0 Å². The van der Waals surface area contributed by atoms with Gasteiger partial charge in [0.2, 0.25) is 5.91 Å². The molecule has 0 bridgehead atoms. The number of hydrogen-bond acceptors (Lipinski definition) is 3. The maximum Gasteiger partial charge on any atom is 0.406 e. The summed E-state index contributed by atoms with van der Waals surface area (Å²) in [7, 11) is 0. The molecule has 2 aliphatic rings. The van der Waals surface area contributed by atoms with E-state index in [4.69, 9.17) is 0 Å². The van der Waals surface area contributed by atoms with E-state index in [1.807, 2.05) is 0 Å². The Morgan fingerprint density at radius 1 is 1.25 bits per heavy atom. The van der Waals surface area contributed by atoms with Crippen LogP contribution in [0.2, 0.25) is 0 Å². The topological polar surface area (TPSA) is 60.9 Å². The average molecular weight is 347 g/mol. The fraction of sp³-hybridized carbons (Fsp3) is 0.667. The number of allylic oxidation sites excluding steroid dienone is 1. The summed E-state index contributed by atoms with van der Waals surface area (Å²) in [6.07, 6.45) is -1.08. The normalized spacial score (nSPS) is 20.0. The highest BCUT2D eigenvalue weighted by Crippen LogP contribution is 2.25. The van der Waals surface area contributed by atoms with Crippen molar-refractivity contribution in [1.82, 2.24) is 14.7 Å². The molecule has 0 aromatic rings. The largest absolute Gasteiger partial charge is 0.406 e. The summed E-state index contributed by atoms with van der Waals surface area (Å²) < 4.78 is 37.3. The number of alkyl halides is 3. The average Bonchev–Trinajstić information content (AvgIpc) is 2.79. The third-order valence-corrected chi connectivity index (χ3v) is 4.24. The lowest BCUT2D eigenvalue weighted by molar-refractivity contribution is -0.151. The van der Waals surface area contributed by atoms with Gasteiger partial charge in [0.25, 0.3) is 5.91 Å². The van der Waals surface area contributed by atoms with Crippen LogP contribution in [0.4, 0.5) is 18.0 Å². The molecule has 4 amide bonds. The van der Waals surface area contributed by atoms with Gasteiger partial charge in [0.1, 0.15) is 13.1 Å². The van der Waals surface area contributed by atoms with E-state index in [0.29, 0.717) is 38.8 Å². The van der Waals surface area contributed by atoms with Crippen molar-refractivity contribution < 1.29 is 27.6 Å². The van der Waals surface area contributed by atoms with Gasteiger partial charge in [0, 0.05) is 25.6 Å². The molecule has 0 atom stereocenters. The Morgan fingerprint density at radius 2 is 1.88 bits per heavy atom. The smallest absolute Gasteiger partial charge is 0.343 e. The molecule has 0 aromatic heterocycles. The molecule has 0 saturated carbocycles. The number of imide groups is 1. The summed E-state index contributed by atoms with van der Waals surface area (Å²) in [5.74, 6) is -0.835. The Hall–Kier alpha value is -2.06. The molecule has 9 heteroatoms. The number of hydrogen-bond donors (Lipinski definition) is 0. The molecule has 0 aromatic carbocycles. The predicted molar refractivity (Wildman–Crippen MR) is 78.9 cm³/mol. The van der Waals surface area contributed by atoms with Gasteiger partial charge in [-0.05, 0) is 19.3 Å². The molecule has 24 heavy (non-hydrogen) atoms. The molecule has 6 nitrogen and oxygen atoms in total. The van der Waals surface area contributed by atoms with Crippen LogP contribution in [0.5, 0.6) is 0 Å². The summed E-state index contributed by atoms with van der Waals surface area (Å²) in [5.41, 5.74) is 0. The van der Waals surface area contributed by atoms with Crippen LogP contribution in [0, 0.1) is 0 Å². The molecule has 2 fully saturated rings. The van der Waals surface area contributed by atoms with Crippen LogP contribution in [0.15, 0.2) is 12.7 Å². The van der Waals surface area contributed by atoms with Gasteiger partial charge in [-0.3, -0.25) is 14.5 Å². The lowest BCUT2D eigenvalue weighted by Crippen LogP contribution is -2.48. The zero-order chi connectivity index (χ0) is 17.9. The van der Waals surface area contributed by atoms with Crippen molar-refractivity contribution >= 4 is 17.8 Å². The molecule has 2 aliphatic heterocycles. The maximum atomic E-state index is 12.4. The molecule has 0 radical (unpaired) electrons. The van der Waals surface area contributed by atoms with Crippen molar-refractivity contribution in [2.24, 2.45) is 0 Å². The van der Waals surface area contributed by atoms with Crippen molar-refractivity contribution in [3.63, 3.8) is 0 Å². The zero-order valence-corrected chi connectivity index (χ0v) is 13.2. The van der Waals surface area contributed by atoms with Crippen molar-refractivity contribution in [3.8, 4) is 0 Å². The summed E-state index contributed by atoms with van der Waals surface area (Å²) in [5, 5.41) is 0. The van der Waals surface area contributed by atoms with Crippen LogP contribution in [0.25, 0.3) is 0 Å². The molecule has 0 unspecified atom stereocenters. The van der Waals surface area contributed by atoms with Gasteiger partial charge in [-0.2, -0.15) is 13.2 Å². The highest BCUT2D eigenvalue weighted by molar-refractivity contribution is 6.02. The third-order valence-electron chi connectivity index (χ3n) is 4.24. The minimum Gasteiger partial charge on any atom is -0.343 e. The molecular weight excluding hydrogens is 327 g/mol. The van der Waals surface area contributed by atoms with Crippen LogP contribution in [-0.2, 0) is 9.59 Å². The summed E-state index contributed by atoms with van der Waals surface area (Å²) in [4.78, 5) is 38.8. The molecule has 2 rings (SSSR count). The van der Waals surface area contributed by atoms with Gasteiger partial charge in [-0.25, -0.2) is 4.79 Å². The summed E-state index contributed by atoms with van der Waals surface area (Å²) in [6, 6.07) is -1.21. The standard InChI is InChI=1S/C15H20F3N3O3/c1-2-3-4-12(22)19-7-5-11(6-8-19)20-9-13(23)21(14(20)24)10-15(16,17)18/h2,11H,1,3-10H2. The van der Waals surface area contributed by atoms with Gasteiger partial charge >= 0.3 is 12.2 Å². The summed E-state index contributed by atoms with van der Waals surface area (Å²) in [6.45, 7) is 2.53. The second-order valence-electron chi connectivity index (χ2n) is 5.94. The van der Waals surface area contributed by atoms with E-state index in [1.54, 1.807) is 11.0 Å². The first kappa shape index (κ1) is 18.3. The fourth-order valence-electron chi connectivity index (χ4n) is 2.99. The van der Waals surface area contributed by atoms with E-state index in [9.17, 15) is 27.6 Å². The number of piperidine rings is 1. The fourth-order valence-corrected chi connectivity index (χ4v) is 2.99. The molecule has 0 aliphatic carbocycles. The first-order valence-electron chi connectivity index (χ1n) is 7.79. The Morgan fingerprint density at radius 3 is 2.42 bits per heavy atom. The second-order valence-corrected chi connectivity index (χ2v) is 5.94. The number of likely N-dealkylation sites (tertiary alicyclic amines) is 1. The van der Waals surface area contributed by atoms with E-state index in [1.165, 1.54) is 4.90 Å². The highest BCUT2D eigenvalue weighted by Gasteiger charge is 2.45. The Bertz CT molecular complexity index is 528. The van der Waals surface area contributed by atoms with E-state index >= 15 is 0 Å². The number of nitrogens with zero attached hydrogens (tertiary/aromatic N) is 3. The van der Waals surface area contributed by atoms with Gasteiger partial charge in [-0.1, -0.05) is 6.08 Å². The van der Waals surface area contributed by atoms with Crippen LogP contribution in [0.1, 0.15) is 25.7 Å². The van der Waals surface area contributed by atoms with Crippen LogP contribution in [0.3, 0.4) is 0 Å². The van der Waals surface area contributed by atoms with Crippen molar-refractivity contribution in [1.29, 1.82) is 0 Å². The molecule has 0 N–H and O–H groups in total. The van der Waals surface area contributed by atoms with Gasteiger partial charge in [0.15, 0.2) is 0 Å². The lowest BCUT2D eigenvalue weighted by atomic mass is 10.0. The quantitative estimate of drug-likeness (QED) is 0.563. The minimum atomic E-state index is -4.61. The number of halogens is 3. The number of carbonyl (C=O) groups is 3. The first-order valence-corrected chi connectivity index (χ1v) is 7.79. The Kier molecular flexibility index (Phi) is 5.51. The van der Waals surface area contributed by atoms with Crippen molar-refractivity contribution in [2.45, 2.75) is 37.9 Å². The molecule has 134 valence electrons. The highest BCUT2D eigenvalue weighted by atomic mass is 19.4. The van der Waals surface area contributed by atoms with E-state index in [0.717, 1.165) is 0 Å². The third kappa shape index (κ3) is 4.27. The molecule has 2 saturated heterocycles. The first-order chi connectivity index (χ1) is 11.2. The van der Waals surface area contributed by atoms with Crippen LogP contribution in [-0.4, -0.2) is 70.9 Å². The maximum absolute atomic E-state index is 12.4. The number of urea groups is 1. The van der Waals surface area contributed by atoms with E-state index < -0.39 is 24.7 Å². The number of carbonyl (C=O) groups excluding carboxylic acids is 3. The molecular formula is C15H20F3N3O3. The Balaban J connectivity index is 1.90. The van der Waals surface area contributed by atoms with Gasteiger partial charge in [-0.15, -0.1) is 6.58 Å². The van der Waals surface area contributed by atoms with E-state index in [-0.39, 0.29) is 23.4 Å². The van der Waals surface area contributed by atoms with E-state index in [2.05, 4.69) is 6.58 Å². The molecule has 2 heterocycles. The Labute approximate surface area is 137 Å². The lowest BCUT2D eigenvalue weighted by Gasteiger charge is -2.36. The monoisotopic (exact) mass is 347 g/mol. The second kappa shape index (κ2) is 7.23. The van der Waals surface area contributed by atoms with Crippen molar-refractivity contribution in [3.05, 3.63) is 12.7 Å². The number of amides is 4. The summed E-state index contributed by atoms with van der Waals surface area (Å²) >= 11 is 0. The van der Waals surface area contributed by atoms with Crippen LogP contribution < -0.4 is 0 Å².